The molecule has 0 saturated carbocycles. The predicted molar refractivity (Wildman–Crippen MR) is 287 cm³/mol. The van der Waals surface area contributed by atoms with Crippen molar-refractivity contribution in [2.45, 2.75) is 200 Å². The van der Waals surface area contributed by atoms with Gasteiger partial charge in [-0.25, -0.2) is 0 Å². The standard InChI is InChI=1S/C56H90As4O2/c1-11-19-37-57(38-20-12-2)53(47-33-29-27-30-34-47)55(59(41-23-15-5)42-24-16-6)49-45-52(62-10)50(46-51(49)61-9)56(60(43-25-17-7)44-26-18-8)54(48-35-31-28-32-36-48)58(39-21-13-3)40-22-14-4/h27-36,45-46H,11-26,37-44H2,1-10H3. The maximum atomic E-state index is 6.88. The monoisotopic (exact) mass is 1090 g/mol. The van der Waals surface area contributed by atoms with E-state index in [0.717, 1.165) is 11.5 Å². The van der Waals surface area contributed by atoms with Gasteiger partial charge in [-0.2, -0.15) is 0 Å². The van der Waals surface area contributed by atoms with Crippen LogP contribution in [-0.2, 0) is 0 Å². The van der Waals surface area contributed by atoms with Crippen molar-refractivity contribution in [2.75, 3.05) is 14.2 Å². The van der Waals surface area contributed by atoms with Crippen molar-refractivity contribution in [3.63, 3.8) is 0 Å². The molecular weight excluding hydrogens is 1000 g/mol. The van der Waals surface area contributed by atoms with E-state index < -0.39 is 58.6 Å². The Balaban J connectivity index is 2.71. The third kappa shape index (κ3) is 17.3. The molecule has 0 aliphatic carbocycles. The first kappa shape index (κ1) is 55.3. The first-order chi connectivity index (χ1) is 30.4. The molecule has 346 valence electrons. The number of rotatable bonds is 34. The number of hydrogen-bond acceptors (Lipinski definition) is 2. The second kappa shape index (κ2) is 33.4. The molecule has 0 aromatic heterocycles. The van der Waals surface area contributed by atoms with Crippen molar-refractivity contribution in [3.05, 3.63) is 95.1 Å². The quantitative estimate of drug-likeness (QED) is 0.0438. The van der Waals surface area contributed by atoms with Crippen LogP contribution < -0.4 is 9.47 Å². The Labute approximate surface area is 402 Å². The molecule has 0 heterocycles. The molecule has 0 radical (unpaired) electrons. The average Bonchev–Trinajstić information content (AvgIpc) is 3.31. The van der Waals surface area contributed by atoms with E-state index in [1.807, 2.05) is 14.2 Å². The summed E-state index contributed by atoms with van der Waals surface area (Å²) in [6, 6.07) is 28.7. The van der Waals surface area contributed by atoms with Crippen molar-refractivity contribution in [3.8, 4) is 11.5 Å². The van der Waals surface area contributed by atoms with Gasteiger partial charge in [-0.1, -0.05) is 0 Å². The Morgan fingerprint density at radius 2 is 0.565 bits per heavy atom. The van der Waals surface area contributed by atoms with Crippen LogP contribution in [0.25, 0.3) is 17.4 Å². The number of unbranched alkanes of at least 4 members (excludes halogenated alkanes) is 8. The van der Waals surface area contributed by atoms with Gasteiger partial charge in [-0.3, -0.25) is 0 Å². The summed E-state index contributed by atoms with van der Waals surface area (Å²) in [5.74, 6) is 2.23. The molecule has 62 heavy (non-hydrogen) atoms. The van der Waals surface area contributed by atoms with Gasteiger partial charge in [0.1, 0.15) is 0 Å². The Kier molecular flexibility index (Phi) is 29.8. The fourth-order valence-corrected chi connectivity index (χ4v) is 39.8. The first-order valence-electron chi connectivity index (χ1n) is 25.3. The van der Waals surface area contributed by atoms with Gasteiger partial charge in [0, 0.05) is 0 Å². The fraction of sp³-hybridized carbons (Fsp3) is 0.607. The Bertz CT molecular complexity index is 1530. The summed E-state index contributed by atoms with van der Waals surface area (Å²) < 4.78 is 20.9. The van der Waals surface area contributed by atoms with Crippen molar-refractivity contribution in [1.29, 1.82) is 0 Å². The van der Waals surface area contributed by atoms with E-state index in [0.29, 0.717) is 0 Å². The summed E-state index contributed by atoms with van der Waals surface area (Å²) >= 11 is -6.02. The zero-order valence-electron chi connectivity index (χ0n) is 41.5. The second-order valence-corrected chi connectivity index (χ2v) is 37.5. The van der Waals surface area contributed by atoms with Crippen molar-refractivity contribution < 1.29 is 9.47 Å². The third-order valence-corrected chi connectivity index (χ3v) is 37.4. The molecule has 3 aromatic carbocycles. The van der Waals surface area contributed by atoms with Crippen LogP contribution in [0.3, 0.4) is 0 Å². The topological polar surface area (TPSA) is 18.5 Å². The SMILES string of the molecule is CCCC[As](CCCC)C(=C(c1cc(OC)c(C(=C(c2ccccc2)[As](CCCC)CCCC)[As](CCCC)CCCC)cc1OC)[As](CCCC)CCCC)c1ccccc1. The molecule has 0 atom stereocenters. The fourth-order valence-electron chi connectivity index (χ4n) is 8.43. The summed E-state index contributed by atoms with van der Waals surface area (Å²) in [6.07, 6.45) is 20.8. The van der Waals surface area contributed by atoms with Gasteiger partial charge in [0.25, 0.3) is 0 Å². The summed E-state index contributed by atoms with van der Waals surface area (Å²) in [6.45, 7) is 19.2. The van der Waals surface area contributed by atoms with E-state index >= 15 is 0 Å². The minimum atomic E-state index is -1.55. The molecule has 0 aliphatic rings. The normalized spacial score (nSPS) is 12.7. The van der Waals surface area contributed by atoms with Crippen LogP contribution in [0.2, 0.25) is 41.7 Å². The summed E-state index contributed by atoms with van der Waals surface area (Å²) in [5, 5.41) is 11.1. The zero-order valence-corrected chi connectivity index (χ0v) is 49.0. The zero-order chi connectivity index (χ0) is 45.0. The molecule has 6 heteroatoms. The van der Waals surface area contributed by atoms with Gasteiger partial charge >= 0.3 is 406 Å². The van der Waals surface area contributed by atoms with Gasteiger partial charge in [0.2, 0.25) is 0 Å². The van der Waals surface area contributed by atoms with Gasteiger partial charge in [-0.05, 0) is 0 Å². The molecule has 0 unspecified atom stereocenters. The van der Waals surface area contributed by atoms with Gasteiger partial charge in [0.05, 0.1) is 0 Å². The van der Waals surface area contributed by atoms with Gasteiger partial charge in [-0.15, -0.1) is 0 Å². The molecule has 0 fully saturated rings. The van der Waals surface area contributed by atoms with Crippen molar-refractivity contribution in [1.82, 2.24) is 0 Å². The van der Waals surface area contributed by atoms with E-state index in [-0.39, 0.29) is 0 Å². The molecule has 0 saturated heterocycles. The number of hydrogen-bond donors (Lipinski definition) is 0. The van der Waals surface area contributed by atoms with E-state index in [4.69, 9.17) is 9.47 Å². The molecule has 3 rings (SSSR count). The van der Waals surface area contributed by atoms with Crippen molar-refractivity contribution in [2.24, 2.45) is 0 Å². The summed E-state index contributed by atoms with van der Waals surface area (Å²) in [4.78, 5) is 0. The average molecular weight is 1100 g/mol. The maximum absolute atomic E-state index is 6.88. The van der Waals surface area contributed by atoms with Crippen LogP contribution in [0, 0.1) is 0 Å². The molecule has 0 amide bonds. The molecule has 2 nitrogen and oxygen atoms in total. The van der Waals surface area contributed by atoms with E-state index in [2.05, 4.69) is 128 Å². The minimum absolute atomic E-state index is 1.11. The molecular formula is C56H90As4O2. The first-order valence-corrected chi connectivity index (χ1v) is 39.7. The third-order valence-electron chi connectivity index (χ3n) is 12.1. The van der Waals surface area contributed by atoms with E-state index in [1.54, 1.807) is 17.4 Å². The van der Waals surface area contributed by atoms with E-state index in [1.165, 1.54) is 167 Å². The van der Waals surface area contributed by atoms with Crippen LogP contribution in [0.5, 0.6) is 11.5 Å². The van der Waals surface area contributed by atoms with Crippen LogP contribution in [0.1, 0.15) is 180 Å². The van der Waals surface area contributed by atoms with Crippen LogP contribution in [0.4, 0.5) is 0 Å². The summed E-state index contributed by atoms with van der Waals surface area (Å²) in [5.41, 5.74) is 5.79. The Morgan fingerprint density at radius 3 is 0.774 bits per heavy atom. The Morgan fingerprint density at radius 1 is 0.339 bits per heavy atom. The Hall–Kier alpha value is -1.03. The second-order valence-electron chi connectivity index (χ2n) is 17.2. The predicted octanol–water partition coefficient (Wildman–Crippen LogP) is 18.1. The summed E-state index contributed by atoms with van der Waals surface area (Å²) in [7, 11) is 3.97. The molecule has 0 aliphatic heterocycles. The van der Waals surface area contributed by atoms with Crippen molar-refractivity contribution >= 4 is 76.0 Å². The van der Waals surface area contributed by atoms with Gasteiger partial charge < -0.3 is 0 Å². The number of methoxy groups -OCH3 is 2. The number of ether oxygens (including phenoxy) is 2. The molecule has 0 bridgehead atoms. The van der Waals surface area contributed by atoms with Crippen LogP contribution in [-0.4, -0.2) is 72.8 Å². The number of benzene rings is 3. The van der Waals surface area contributed by atoms with Crippen LogP contribution >= 0.6 is 0 Å². The molecule has 0 spiro atoms. The van der Waals surface area contributed by atoms with E-state index in [9.17, 15) is 0 Å². The molecule has 3 aromatic rings. The van der Waals surface area contributed by atoms with Crippen LogP contribution in [0.15, 0.2) is 72.8 Å². The molecule has 0 N–H and O–H groups in total. The van der Waals surface area contributed by atoms with Gasteiger partial charge in [0.15, 0.2) is 0 Å².